The molecule has 1 N–H and O–H groups in total. The summed E-state index contributed by atoms with van der Waals surface area (Å²) < 4.78 is 33.5. The van der Waals surface area contributed by atoms with Crippen LogP contribution >= 0.6 is 0 Å². The van der Waals surface area contributed by atoms with Gasteiger partial charge in [-0.2, -0.15) is 9.40 Å². The van der Waals surface area contributed by atoms with Gasteiger partial charge in [0.05, 0.1) is 11.5 Å². The quantitative estimate of drug-likeness (QED) is 0.690. The zero-order valence-corrected chi connectivity index (χ0v) is 16.7. The fraction of sp³-hybridized carbons (Fsp3) is 0.389. The number of amides is 1. The first-order valence-electron chi connectivity index (χ1n) is 9.09. The van der Waals surface area contributed by atoms with Crippen molar-refractivity contribution in [3.05, 3.63) is 42.2 Å². The van der Waals surface area contributed by atoms with E-state index in [1.807, 2.05) is 6.92 Å². The van der Waals surface area contributed by atoms with Gasteiger partial charge in [0.2, 0.25) is 15.9 Å². The van der Waals surface area contributed by atoms with Crippen molar-refractivity contribution in [2.75, 3.05) is 32.8 Å². The summed E-state index contributed by atoms with van der Waals surface area (Å²) in [7, 11) is -3.65. The van der Waals surface area contributed by atoms with Gasteiger partial charge in [0.1, 0.15) is 12.3 Å². The summed E-state index contributed by atoms with van der Waals surface area (Å²) in [6.45, 7) is 3.12. The van der Waals surface area contributed by atoms with Crippen LogP contribution in [0, 0.1) is 0 Å². The van der Waals surface area contributed by atoms with Crippen molar-refractivity contribution in [2.45, 2.75) is 18.4 Å². The smallest absolute Gasteiger partial charge is 0.356 e. The van der Waals surface area contributed by atoms with Crippen molar-refractivity contribution in [3.8, 4) is 5.75 Å². The molecule has 3 rings (SSSR count). The van der Waals surface area contributed by atoms with Crippen LogP contribution in [0.4, 0.5) is 0 Å². The van der Waals surface area contributed by atoms with Crippen LogP contribution < -0.4 is 4.74 Å². The van der Waals surface area contributed by atoms with E-state index < -0.39 is 16.0 Å². The van der Waals surface area contributed by atoms with Crippen LogP contribution in [0.1, 0.15) is 17.4 Å². The Bertz CT molecular complexity index is 978. The first-order valence-corrected chi connectivity index (χ1v) is 10.5. The predicted octanol–water partition coefficient (Wildman–Crippen LogP) is 0.513. The van der Waals surface area contributed by atoms with E-state index in [1.165, 1.54) is 33.4 Å². The Kier molecular flexibility index (Phi) is 6.18. The van der Waals surface area contributed by atoms with E-state index in [0.717, 1.165) is 0 Å². The molecule has 1 aliphatic heterocycles. The summed E-state index contributed by atoms with van der Waals surface area (Å²) in [5.41, 5.74) is -0.135. The van der Waals surface area contributed by atoms with Crippen molar-refractivity contribution in [1.29, 1.82) is 0 Å². The number of carbonyl (C=O) groups excluding carboxylic acids is 1. The van der Waals surface area contributed by atoms with Gasteiger partial charge in [-0.15, -0.1) is 0 Å². The van der Waals surface area contributed by atoms with E-state index in [2.05, 4.69) is 5.10 Å². The number of piperazine rings is 1. The van der Waals surface area contributed by atoms with Crippen LogP contribution in [0.5, 0.6) is 5.75 Å². The molecule has 2 heterocycles. The molecule has 0 bridgehead atoms. The highest BCUT2D eigenvalue weighted by Gasteiger charge is 2.30. The zero-order chi connectivity index (χ0) is 21.0. The lowest BCUT2D eigenvalue weighted by Gasteiger charge is -2.34. The van der Waals surface area contributed by atoms with Crippen molar-refractivity contribution < 1.29 is 27.9 Å². The maximum atomic E-state index is 12.8. The molecule has 1 aromatic carbocycles. The van der Waals surface area contributed by atoms with Gasteiger partial charge < -0.3 is 14.7 Å². The van der Waals surface area contributed by atoms with Crippen LogP contribution in [0.25, 0.3) is 0 Å². The molecule has 29 heavy (non-hydrogen) atoms. The normalized spacial score (nSPS) is 15.3. The number of sulfonamides is 1. The lowest BCUT2D eigenvalue weighted by molar-refractivity contribution is -0.133. The fourth-order valence-electron chi connectivity index (χ4n) is 3.00. The third kappa shape index (κ3) is 4.74. The Morgan fingerprint density at radius 2 is 1.76 bits per heavy atom. The van der Waals surface area contributed by atoms with Crippen molar-refractivity contribution >= 4 is 21.9 Å². The van der Waals surface area contributed by atoms with E-state index >= 15 is 0 Å². The van der Waals surface area contributed by atoms with Gasteiger partial charge in [0.15, 0.2) is 5.69 Å². The topological polar surface area (TPSA) is 122 Å². The van der Waals surface area contributed by atoms with Crippen LogP contribution in [-0.2, 0) is 21.4 Å². The van der Waals surface area contributed by atoms with Crippen molar-refractivity contribution in [2.24, 2.45) is 0 Å². The average Bonchev–Trinajstić information content (AvgIpc) is 3.17. The maximum absolute atomic E-state index is 12.8. The number of carboxylic acids is 1. The lowest BCUT2D eigenvalue weighted by atomic mass is 10.3. The maximum Gasteiger partial charge on any atom is 0.356 e. The first kappa shape index (κ1) is 20.8. The molecule has 1 amide bonds. The SMILES string of the molecule is CCOc1ccc(S(=O)(=O)N2CCN(C(=O)Cn3ccc(C(=O)O)n3)CC2)cc1. The van der Waals surface area contributed by atoms with Gasteiger partial charge in [0, 0.05) is 32.4 Å². The number of aromatic nitrogens is 2. The minimum absolute atomic E-state index is 0.0983. The van der Waals surface area contributed by atoms with Gasteiger partial charge in [-0.1, -0.05) is 0 Å². The molecule has 0 saturated carbocycles. The second kappa shape index (κ2) is 8.62. The molecule has 1 aromatic heterocycles. The van der Waals surface area contributed by atoms with Gasteiger partial charge >= 0.3 is 5.97 Å². The zero-order valence-electron chi connectivity index (χ0n) is 15.9. The van der Waals surface area contributed by atoms with E-state index in [-0.39, 0.29) is 49.2 Å². The minimum Gasteiger partial charge on any atom is -0.494 e. The van der Waals surface area contributed by atoms with Gasteiger partial charge in [0.25, 0.3) is 0 Å². The number of nitrogens with zero attached hydrogens (tertiary/aromatic N) is 4. The van der Waals surface area contributed by atoms with Crippen LogP contribution in [0.3, 0.4) is 0 Å². The minimum atomic E-state index is -3.65. The molecule has 10 nitrogen and oxygen atoms in total. The largest absolute Gasteiger partial charge is 0.494 e. The molecule has 0 unspecified atom stereocenters. The van der Waals surface area contributed by atoms with Crippen molar-refractivity contribution in [3.63, 3.8) is 0 Å². The summed E-state index contributed by atoms with van der Waals surface area (Å²) in [6.07, 6.45) is 1.42. The number of hydrogen-bond donors (Lipinski definition) is 1. The highest BCUT2D eigenvalue weighted by molar-refractivity contribution is 7.89. The third-order valence-electron chi connectivity index (χ3n) is 4.52. The van der Waals surface area contributed by atoms with Gasteiger partial charge in [-0.3, -0.25) is 9.48 Å². The Balaban J connectivity index is 1.58. The molecule has 11 heteroatoms. The number of ether oxygens (including phenoxy) is 1. The molecule has 1 fully saturated rings. The van der Waals surface area contributed by atoms with E-state index in [4.69, 9.17) is 9.84 Å². The lowest BCUT2D eigenvalue weighted by Crippen LogP contribution is -2.51. The summed E-state index contributed by atoms with van der Waals surface area (Å²) in [6, 6.07) is 7.57. The second-order valence-corrected chi connectivity index (χ2v) is 8.33. The molecular weight excluding hydrogens is 400 g/mol. The Labute approximate surface area is 168 Å². The van der Waals surface area contributed by atoms with Gasteiger partial charge in [-0.05, 0) is 37.3 Å². The van der Waals surface area contributed by atoms with E-state index in [9.17, 15) is 18.0 Å². The average molecular weight is 422 g/mol. The number of hydrogen-bond acceptors (Lipinski definition) is 6. The predicted molar refractivity (Wildman–Crippen MR) is 102 cm³/mol. The number of rotatable bonds is 7. The number of benzene rings is 1. The fourth-order valence-corrected chi connectivity index (χ4v) is 4.43. The molecule has 0 spiro atoms. The molecule has 1 aliphatic rings. The highest BCUT2D eigenvalue weighted by atomic mass is 32.2. The number of carbonyl (C=O) groups is 2. The molecule has 2 aromatic rings. The number of carboxylic acid groups (broad SMARTS) is 1. The Morgan fingerprint density at radius 3 is 2.31 bits per heavy atom. The Hall–Kier alpha value is -2.92. The second-order valence-electron chi connectivity index (χ2n) is 6.39. The number of aromatic carboxylic acids is 1. The van der Waals surface area contributed by atoms with Crippen molar-refractivity contribution in [1.82, 2.24) is 19.0 Å². The van der Waals surface area contributed by atoms with Gasteiger partial charge in [-0.25, -0.2) is 13.2 Å². The summed E-state index contributed by atoms with van der Waals surface area (Å²) in [5, 5.41) is 12.7. The molecule has 0 aliphatic carbocycles. The summed E-state index contributed by atoms with van der Waals surface area (Å²) in [4.78, 5) is 25.0. The van der Waals surface area contributed by atoms with E-state index in [1.54, 1.807) is 17.0 Å². The monoisotopic (exact) mass is 422 g/mol. The molecule has 0 atom stereocenters. The van der Waals surface area contributed by atoms with Crippen LogP contribution in [0.2, 0.25) is 0 Å². The van der Waals surface area contributed by atoms with Crippen LogP contribution in [-0.4, -0.2) is 77.2 Å². The third-order valence-corrected chi connectivity index (χ3v) is 6.43. The first-order chi connectivity index (χ1) is 13.8. The molecule has 0 radical (unpaired) electrons. The molecule has 156 valence electrons. The summed E-state index contributed by atoms with van der Waals surface area (Å²) in [5.74, 6) is -0.806. The molecule has 1 saturated heterocycles. The standard InChI is InChI=1S/C18H22N4O6S/c1-2-28-14-3-5-15(6-4-14)29(26,27)22-11-9-20(10-12-22)17(23)13-21-8-7-16(19-21)18(24)25/h3-8H,2,9-13H2,1H3,(H,24,25). The highest BCUT2D eigenvalue weighted by Crippen LogP contribution is 2.21. The van der Waals surface area contributed by atoms with E-state index in [0.29, 0.717) is 12.4 Å². The van der Waals surface area contributed by atoms with Crippen LogP contribution in [0.15, 0.2) is 41.4 Å². The Morgan fingerprint density at radius 1 is 1.10 bits per heavy atom. The summed E-state index contributed by atoms with van der Waals surface area (Å²) >= 11 is 0. The molecular formula is C18H22N4O6S.